The number of nitrogens with one attached hydrogen (secondary N) is 1. The first-order valence-electron chi connectivity index (χ1n) is 13.3. The quantitative estimate of drug-likeness (QED) is 0.275. The molecule has 40 heavy (non-hydrogen) atoms. The molecule has 1 aliphatic rings. The Morgan fingerprint density at radius 3 is 2.42 bits per heavy atom. The number of methoxy groups -OCH3 is 2. The van der Waals surface area contributed by atoms with Crippen LogP contribution in [0.25, 0.3) is 11.5 Å². The summed E-state index contributed by atoms with van der Waals surface area (Å²) in [5, 5.41) is 8.14. The molecule has 2 aromatic heterocycles. The van der Waals surface area contributed by atoms with E-state index in [1.54, 1.807) is 14.2 Å². The molecule has 6 rings (SSSR count). The van der Waals surface area contributed by atoms with Crippen LogP contribution in [0.1, 0.15) is 35.5 Å². The smallest absolute Gasteiger partial charge is 0.322 e. The van der Waals surface area contributed by atoms with Crippen LogP contribution in [0, 0.1) is 0 Å². The number of carbonyl (C=O) groups excluding carboxylic acids is 1. The van der Waals surface area contributed by atoms with Crippen molar-refractivity contribution in [2.24, 2.45) is 0 Å². The van der Waals surface area contributed by atoms with Gasteiger partial charge < -0.3 is 24.3 Å². The van der Waals surface area contributed by atoms with Gasteiger partial charge in [0.05, 0.1) is 43.9 Å². The predicted molar refractivity (Wildman–Crippen MR) is 155 cm³/mol. The van der Waals surface area contributed by atoms with Crippen molar-refractivity contribution < 1.29 is 14.3 Å². The molecule has 5 aromatic rings. The molecule has 2 amide bonds. The highest BCUT2D eigenvalue weighted by Crippen LogP contribution is 2.39. The van der Waals surface area contributed by atoms with Gasteiger partial charge in [-0.1, -0.05) is 43.3 Å². The number of benzene rings is 3. The number of aryl methyl sites for hydroxylation is 1. The number of anilines is 1. The molecule has 0 saturated carbocycles. The van der Waals surface area contributed by atoms with E-state index in [4.69, 9.17) is 14.6 Å². The molecule has 8 nitrogen and oxygen atoms in total. The number of amides is 2. The van der Waals surface area contributed by atoms with E-state index in [-0.39, 0.29) is 12.1 Å². The lowest BCUT2D eigenvalue weighted by Gasteiger charge is -2.31. The molecule has 1 atom stereocenters. The van der Waals surface area contributed by atoms with Gasteiger partial charge in [-0.3, -0.25) is 0 Å². The molecule has 1 aliphatic heterocycles. The Labute approximate surface area is 233 Å². The summed E-state index contributed by atoms with van der Waals surface area (Å²) in [7, 11) is 3.26. The molecule has 8 heteroatoms. The van der Waals surface area contributed by atoms with Gasteiger partial charge in [0.15, 0.2) is 0 Å². The number of nitrogens with zero attached hydrogens (tertiary/aromatic N) is 4. The molecule has 0 saturated heterocycles. The minimum absolute atomic E-state index is 0.218. The zero-order valence-electron chi connectivity index (χ0n) is 22.7. The second kappa shape index (κ2) is 10.6. The van der Waals surface area contributed by atoms with Gasteiger partial charge in [0.2, 0.25) is 0 Å². The molecule has 0 bridgehead atoms. The molecule has 3 heterocycles. The zero-order valence-corrected chi connectivity index (χ0v) is 22.7. The van der Waals surface area contributed by atoms with Gasteiger partial charge in [-0.25, -0.2) is 9.48 Å². The van der Waals surface area contributed by atoms with Crippen LogP contribution in [0.4, 0.5) is 10.5 Å². The minimum Gasteiger partial charge on any atom is -0.497 e. The van der Waals surface area contributed by atoms with Crippen molar-refractivity contribution >= 4 is 11.7 Å². The van der Waals surface area contributed by atoms with Crippen molar-refractivity contribution in [3.63, 3.8) is 0 Å². The lowest BCUT2D eigenvalue weighted by molar-refractivity contribution is 0.194. The number of fused-ring (bicyclic) bond motifs is 3. The van der Waals surface area contributed by atoms with Gasteiger partial charge in [0.1, 0.15) is 17.3 Å². The molecule has 0 spiro atoms. The van der Waals surface area contributed by atoms with Gasteiger partial charge >= 0.3 is 6.03 Å². The van der Waals surface area contributed by atoms with Crippen LogP contribution in [-0.4, -0.2) is 39.5 Å². The van der Waals surface area contributed by atoms with Crippen molar-refractivity contribution in [3.8, 4) is 23.0 Å². The summed E-state index contributed by atoms with van der Waals surface area (Å²) in [5.74, 6) is 2.38. The number of hydrogen-bond donors (Lipinski definition) is 1. The molecule has 3 aromatic carbocycles. The van der Waals surface area contributed by atoms with Gasteiger partial charge in [0.25, 0.3) is 0 Å². The Hall–Kier alpha value is -4.98. The standard InChI is InChI=1S/C32H31N5O3/c1-4-28-27-21-36(32(38)33-23-10-8-13-26(20-23)40-3)30(22-15-17-25(39-2)18-16-22)29-14-9-19-35(29)31(27)37(34-28)24-11-6-5-7-12-24/h5-20,30H,4,21H2,1-3H3,(H,33,38)/t30-/m1/s1. The maximum absolute atomic E-state index is 14.2. The van der Waals surface area contributed by atoms with Crippen LogP contribution in [0.2, 0.25) is 0 Å². The average Bonchev–Trinajstić information content (AvgIpc) is 3.59. The number of urea groups is 1. The summed E-state index contributed by atoms with van der Waals surface area (Å²) in [6, 6.07) is 28.9. The number of hydrogen-bond acceptors (Lipinski definition) is 4. The number of rotatable bonds is 6. The van der Waals surface area contributed by atoms with Crippen molar-refractivity contribution in [1.82, 2.24) is 19.2 Å². The molecule has 1 N–H and O–H groups in total. The SMILES string of the molecule is CCc1nn(-c2ccccc2)c2c1CN(C(=O)Nc1cccc(OC)c1)[C@H](c1ccc(OC)cc1)c1cccn1-2. The Morgan fingerprint density at radius 1 is 0.925 bits per heavy atom. The van der Waals surface area contributed by atoms with Crippen molar-refractivity contribution in [3.05, 3.63) is 120 Å². The summed E-state index contributed by atoms with van der Waals surface area (Å²) in [5.41, 5.74) is 5.53. The summed E-state index contributed by atoms with van der Waals surface area (Å²) < 4.78 is 15.0. The van der Waals surface area contributed by atoms with E-state index in [1.165, 1.54) is 0 Å². The Kier molecular flexibility index (Phi) is 6.74. The largest absolute Gasteiger partial charge is 0.497 e. The normalized spacial score (nSPS) is 14.2. The third-order valence-electron chi connectivity index (χ3n) is 7.32. The first kappa shape index (κ1) is 25.3. The highest BCUT2D eigenvalue weighted by Gasteiger charge is 2.36. The molecular weight excluding hydrogens is 502 g/mol. The molecule has 0 radical (unpaired) electrons. The number of ether oxygens (including phenoxy) is 2. The van der Waals surface area contributed by atoms with Crippen LogP contribution in [0.3, 0.4) is 0 Å². The highest BCUT2D eigenvalue weighted by atomic mass is 16.5. The third kappa shape index (κ3) is 4.47. The average molecular weight is 534 g/mol. The predicted octanol–water partition coefficient (Wildman–Crippen LogP) is 6.38. The zero-order chi connectivity index (χ0) is 27.6. The minimum atomic E-state index is -0.368. The van der Waals surface area contributed by atoms with E-state index in [1.807, 2.05) is 82.4 Å². The Bertz CT molecular complexity index is 1640. The van der Waals surface area contributed by atoms with Gasteiger partial charge in [-0.2, -0.15) is 5.10 Å². The summed E-state index contributed by atoms with van der Waals surface area (Å²) >= 11 is 0. The molecule has 0 unspecified atom stereocenters. The second-order valence-electron chi connectivity index (χ2n) is 9.62. The maximum atomic E-state index is 14.2. The van der Waals surface area contributed by atoms with Crippen molar-refractivity contribution in [1.29, 1.82) is 0 Å². The van der Waals surface area contributed by atoms with Crippen molar-refractivity contribution in [2.75, 3.05) is 19.5 Å². The fourth-order valence-corrected chi connectivity index (χ4v) is 5.38. The van der Waals surface area contributed by atoms with E-state index >= 15 is 0 Å². The fourth-order valence-electron chi connectivity index (χ4n) is 5.38. The maximum Gasteiger partial charge on any atom is 0.322 e. The third-order valence-corrected chi connectivity index (χ3v) is 7.32. The van der Waals surface area contributed by atoms with Crippen LogP contribution in [0.15, 0.2) is 97.2 Å². The summed E-state index contributed by atoms with van der Waals surface area (Å²) in [6.07, 6.45) is 2.78. The van der Waals surface area contributed by atoms with E-state index in [0.717, 1.165) is 46.2 Å². The summed E-state index contributed by atoms with van der Waals surface area (Å²) in [6.45, 7) is 2.47. The first-order chi connectivity index (χ1) is 19.6. The van der Waals surface area contributed by atoms with Crippen molar-refractivity contribution in [2.45, 2.75) is 25.9 Å². The fraction of sp³-hybridized carbons (Fsp3) is 0.188. The van der Waals surface area contributed by atoms with Gasteiger partial charge in [-0.05, 0) is 60.5 Å². The van der Waals surface area contributed by atoms with E-state index < -0.39 is 0 Å². The summed E-state index contributed by atoms with van der Waals surface area (Å²) in [4.78, 5) is 16.0. The van der Waals surface area contributed by atoms with E-state index in [9.17, 15) is 4.79 Å². The van der Waals surface area contributed by atoms with Crippen LogP contribution in [0.5, 0.6) is 11.5 Å². The van der Waals surface area contributed by atoms with Crippen LogP contribution < -0.4 is 14.8 Å². The molecule has 0 aliphatic carbocycles. The van der Waals surface area contributed by atoms with Crippen LogP contribution in [-0.2, 0) is 13.0 Å². The lowest BCUT2D eigenvalue weighted by atomic mass is 10.0. The number of para-hydroxylation sites is 1. The topological polar surface area (TPSA) is 73.6 Å². The first-order valence-corrected chi connectivity index (χ1v) is 13.3. The number of aromatic nitrogens is 3. The monoisotopic (exact) mass is 533 g/mol. The molecular formula is C32H31N5O3. The van der Waals surface area contributed by atoms with E-state index in [2.05, 4.69) is 41.2 Å². The lowest BCUT2D eigenvalue weighted by Crippen LogP contribution is -2.38. The van der Waals surface area contributed by atoms with Crippen LogP contribution >= 0.6 is 0 Å². The molecule has 202 valence electrons. The van der Waals surface area contributed by atoms with E-state index in [0.29, 0.717) is 18.0 Å². The Morgan fingerprint density at radius 2 is 1.70 bits per heavy atom. The molecule has 0 fully saturated rings. The van der Waals surface area contributed by atoms with Gasteiger partial charge in [0, 0.05) is 23.5 Å². The Balaban J connectivity index is 1.53. The van der Waals surface area contributed by atoms with Gasteiger partial charge in [-0.15, -0.1) is 0 Å². The highest BCUT2D eigenvalue weighted by molar-refractivity contribution is 5.90. The second-order valence-corrected chi connectivity index (χ2v) is 9.62. The number of carbonyl (C=O) groups is 1.